The van der Waals surface area contributed by atoms with Gasteiger partial charge >= 0.3 is 5.97 Å². The molecule has 2 heterocycles. The minimum absolute atomic E-state index is 0.0361. The molecule has 11 heteroatoms. The van der Waals surface area contributed by atoms with Crippen molar-refractivity contribution in [2.45, 2.75) is 39.3 Å². The highest BCUT2D eigenvalue weighted by molar-refractivity contribution is 6.03. The molecule has 0 bridgehead atoms. The van der Waals surface area contributed by atoms with E-state index in [4.69, 9.17) is 4.74 Å². The number of benzene rings is 2. The van der Waals surface area contributed by atoms with Crippen LogP contribution < -0.4 is 4.90 Å². The van der Waals surface area contributed by atoms with Crippen LogP contribution in [0.4, 0.5) is 5.95 Å². The van der Waals surface area contributed by atoms with Gasteiger partial charge in [-0.25, -0.2) is 9.78 Å². The van der Waals surface area contributed by atoms with E-state index in [2.05, 4.69) is 32.5 Å². The zero-order valence-electron chi connectivity index (χ0n) is 20.1. The topological polar surface area (TPSA) is 139 Å². The lowest BCUT2D eigenvalue weighted by Gasteiger charge is -2.20. The fraction of sp³-hybridized carbons (Fsp3) is 0.280. The lowest BCUT2D eigenvalue weighted by Crippen LogP contribution is -2.33. The highest BCUT2D eigenvalue weighted by Crippen LogP contribution is 2.23. The Morgan fingerprint density at radius 2 is 1.92 bits per heavy atom. The van der Waals surface area contributed by atoms with Gasteiger partial charge in [0.05, 0.1) is 25.4 Å². The summed E-state index contributed by atoms with van der Waals surface area (Å²) in [5.74, 6) is 0.104. The first kappa shape index (κ1) is 24.6. The van der Waals surface area contributed by atoms with Crippen LogP contribution in [0.15, 0.2) is 54.7 Å². The van der Waals surface area contributed by atoms with E-state index in [1.165, 1.54) is 12.0 Å². The summed E-state index contributed by atoms with van der Waals surface area (Å²) in [6, 6.07) is 13.8. The van der Waals surface area contributed by atoms with Crippen molar-refractivity contribution in [1.29, 1.82) is 0 Å². The van der Waals surface area contributed by atoms with Gasteiger partial charge in [-0.2, -0.15) is 5.21 Å². The van der Waals surface area contributed by atoms with Gasteiger partial charge < -0.3 is 14.4 Å². The number of aromatic nitrogens is 6. The van der Waals surface area contributed by atoms with Gasteiger partial charge in [0.15, 0.2) is 0 Å². The molecule has 0 fully saturated rings. The molecule has 2 aromatic heterocycles. The Morgan fingerprint density at radius 1 is 1.14 bits per heavy atom. The number of tetrazole rings is 1. The van der Waals surface area contributed by atoms with Gasteiger partial charge in [-0.05, 0) is 35.4 Å². The molecule has 4 rings (SSSR count). The monoisotopic (exact) mass is 489 g/mol. The number of hydrogen-bond donors (Lipinski definition) is 2. The van der Waals surface area contributed by atoms with Gasteiger partial charge in [0.25, 0.3) is 11.9 Å². The number of methoxy groups -OCH3 is 1. The molecule has 0 aliphatic carbocycles. The summed E-state index contributed by atoms with van der Waals surface area (Å²) < 4.78 is 6.64. The zero-order valence-corrected chi connectivity index (χ0v) is 20.1. The second-order valence-corrected chi connectivity index (χ2v) is 8.17. The molecular formula is C25H27N7O4. The smallest absolute Gasteiger partial charge is 0.337 e. The first-order valence-corrected chi connectivity index (χ1v) is 11.6. The summed E-state index contributed by atoms with van der Waals surface area (Å²) in [7, 11) is 1.34. The Hall–Kier alpha value is -4.54. The average Bonchev–Trinajstić information content (AvgIpc) is 3.57. The fourth-order valence-corrected chi connectivity index (χ4v) is 3.80. The number of rotatable bonds is 10. The number of para-hydroxylation sites is 1. The number of ether oxygens (including phenoxy) is 1. The number of carbonyl (C=O) groups excluding carboxylic acids is 2. The Labute approximate surface area is 207 Å². The Kier molecular flexibility index (Phi) is 7.69. The van der Waals surface area contributed by atoms with Crippen molar-refractivity contribution < 1.29 is 19.4 Å². The third-order valence-corrected chi connectivity index (χ3v) is 5.77. The fourth-order valence-electron chi connectivity index (χ4n) is 3.80. The number of nitrogens with one attached hydrogen (secondary N) is 1. The van der Waals surface area contributed by atoms with Crippen LogP contribution in [-0.2, 0) is 24.2 Å². The zero-order chi connectivity index (χ0) is 25.5. The van der Waals surface area contributed by atoms with Gasteiger partial charge in [0.2, 0.25) is 0 Å². The first-order valence-electron chi connectivity index (χ1n) is 11.6. The average molecular weight is 490 g/mol. The first-order chi connectivity index (χ1) is 17.5. The number of aromatic amines is 1. The van der Waals surface area contributed by atoms with E-state index in [0.29, 0.717) is 29.8 Å². The van der Waals surface area contributed by atoms with Gasteiger partial charge in [-0.15, -0.1) is 5.10 Å². The lowest BCUT2D eigenvalue weighted by atomic mass is 10.1. The van der Waals surface area contributed by atoms with Gasteiger partial charge in [0, 0.05) is 18.5 Å². The molecule has 2 N–H and O–H groups in total. The van der Waals surface area contributed by atoms with E-state index in [-0.39, 0.29) is 24.1 Å². The summed E-state index contributed by atoms with van der Waals surface area (Å²) in [6.07, 6.45) is 4.14. The van der Waals surface area contributed by atoms with E-state index >= 15 is 0 Å². The lowest BCUT2D eigenvalue weighted by molar-refractivity contribution is 0.0600. The molecule has 0 unspecified atom stereocenters. The SMILES string of the molecule is CCCCc1ncc(C(=O)N(Cc2ccccc2O)c2nn[nH]n2)n1Cc1ccc(C(=O)OC)cc1. The number of hydrogen-bond acceptors (Lipinski definition) is 8. The number of anilines is 1. The molecule has 186 valence electrons. The number of H-pyrrole nitrogens is 1. The summed E-state index contributed by atoms with van der Waals surface area (Å²) in [5.41, 5.74) is 2.21. The summed E-state index contributed by atoms with van der Waals surface area (Å²) in [4.78, 5) is 31.5. The molecule has 0 saturated heterocycles. The number of aryl methyl sites for hydroxylation is 1. The number of esters is 1. The van der Waals surface area contributed by atoms with Crippen molar-refractivity contribution in [3.05, 3.63) is 82.9 Å². The van der Waals surface area contributed by atoms with Gasteiger partial charge in [0.1, 0.15) is 17.3 Å². The number of aromatic hydroxyl groups is 1. The molecule has 2 aromatic carbocycles. The Balaban J connectivity index is 1.69. The summed E-state index contributed by atoms with van der Waals surface area (Å²) in [6.45, 7) is 2.50. The van der Waals surface area contributed by atoms with Crippen molar-refractivity contribution >= 4 is 17.8 Å². The Bertz CT molecular complexity index is 1320. The van der Waals surface area contributed by atoms with Crippen LogP contribution in [0.3, 0.4) is 0 Å². The molecule has 1 amide bonds. The normalized spacial score (nSPS) is 10.8. The molecule has 11 nitrogen and oxygen atoms in total. The molecule has 0 radical (unpaired) electrons. The van der Waals surface area contributed by atoms with E-state index in [1.54, 1.807) is 42.6 Å². The van der Waals surface area contributed by atoms with Crippen molar-refractivity contribution in [2.75, 3.05) is 12.0 Å². The van der Waals surface area contributed by atoms with Crippen molar-refractivity contribution in [3.8, 4) is 5.75 Å². The molecular weight excluding hydrogens is 462 g/mol. The minimum atomic E-state index is -0.413. The van der Waals surface area contributed by atoms with Crippen LogP contribution in [-0.4, -0.2) is 54.3 Å². The molecule has 36 heavy (non-hydrogen) atoms. The number of carbonyl (C=O) groups is 2. The molecule has 0 atom stereocenters. The van der Waals surface area contributed by atoms with Gasteiger partial charge in [-0.1, -0.05) is 48.8 Å². The second kappa shape index (κ2) is 11.3. The predicted molar refractivity (Wildman–Crippen MR) is 131 cm³/mol. The second-order valence-electron chi connectivity index (χ2n) is 8.17. The van der Waals surface area contributed by atoms with Crippen molar-refractivity contribution in [3.63, 3.8) is 0 Å². The van der Waals surface area contributed by atoms with Crippen LogP contribution in [0.5, 0.6) is 5.75 Å². The van der Waals surface area contributed by atoms with Crippen LogP contribution >= 0.6 is 0 Å². The maximum Gasteiger partial charge on any atom is 0.337 e. The molecule has 0 aliphatic heterocycles. The highest BCUT2D eigenvalue weighted by Gasteiger charge is 2.27. The van der Waals surface area contributed by atoms with Crippen LogP contribution in [0.2, 0.25) is 0 Å². The van der Waals surface area contributed by atoms with E-state index in [1.807, 2.05) is 16.7 Å². The van der Waals surface area contributed by atoms with Crippen molar-refractivity contribution in [2.24, 2.45) is 0 Å². The Morgan fingerprint density at radius 3 is 2.58 bits per heavy atom. The number of nitrogens with zero attached hydrogens (tertiary/aromatic N) is 6. The molecule has 0 spiro atoms. The number of imidazole rings is 1. The largest absolute Gasteiger partial charge is 0.508 e. The summed E-state index contributed by atoms with van der Waals surface area (Å²) >= 11 is 0. The van der Waals surface area contributed by atoms with E-state index < -0.39 is 5.97 Å². The van der Waals surface area contributed by atoms with E-state index in [9.17, 15) is 14.7 Å². The number of phenolic OH excluding ortho intramolecular Hbond substituents is 1. The number of phenols is 1. The van der Waals surface area contributed by atoms with Gasteiger partial charge in [-0.3, -0.25) is 9.69 Å². The van der Waals surface area contributed by atoms with Crippen molar-refractivity contribution in [1.82, 2.24) is 30.2 Å². The predicted octanol–water partition coefficient (Wildman–Crippen LogP) is 3.13. The molecule has 4 aromatic rings. The maximum absolute atomic E-state index is 13.8. The molecule has 0 saturated carbocycles. The quantitative estimate of drug-likeness (QED) is 0.324. The summed E-state index contributed by atoms with van der Waals surface area (Å²) in [5, 5.41) is 24.3. The minimum Gasteiger partial charge on any atom is -0.508 e. The highest BCUT2D eigenvalue weighted by atomic mass is 16.5. The third-order valence-electron chi connectivity index (χ3n) is 5.77. The van der Waals surface area contributed by atoms with E-state index in [0.717, 1.165) is 24.2 Å². The third kappa shape index (κ3) is 5.40. The maximum atomic E-state index is 13.8. The van der Waals surface area contributed by atoms with Crippen LogP contribution in [0.1, 0.15) is 57.6 Å². The number of unbranched alkanes of at least 4 members (excludes halogenated alkanes) is 1. The van der Waals surface area contributed by atoms with Crippen LogP contribution in [0, 0.1) is 0 Å². The van der Waals surface area contributed by atoms with Crippen LogP contribution in [0.25, 0.3) is 0 Å². The molecule has 0 aliphatic rings. The standard InChI is InChI=1S/C25H27N7O4/c1-3-4-9-22-26-14-20(31(22)15-17-10-12-18(13-11-17)24(35)36-2)23(34)32(25-27-29-30-28-25)16-19-7-5-6-8-21(19)33/h5-8,10-14,33H,3-4,9,15-16H2,1-2H3,(H,27,28,29,30). The number of amides is 1.